The SMILES string of the molecule is CCN(CCNc1ccc2ccccc2n1)C1CC1. The molecule has 1 aliphatic carbocycles. The molecule has 0 atom stereocenters. The number of likely N-dealkylation sites (N-methyl/N-ethyl adjacent to an activating group) is 1. The number of aromatic nitrogens is 1. The van der Waals surface area contributed by atoms with E-state index in [1.807, 2.05) is 12.1 Å². The summed E-state index contributed by atoms with van der Waals surface area (Å²) in [5.74, 6) is 0.977. The van der Waals surface area contributed by atoms with Crippen molar-refractivity contribution in [2.45, 2.75) is 25.8 Å². The Morgan fingerprint density at radius 2 is 2.05 bits per heavy atom. The van der Waals surface area contributed by atoms with Crippen molar-refractivity contribution < 1.29 is 0 Å². The Balaban J connectivity index is 1.58. The van der Waals surface area contributed by atoms with Crippen molar-refractivity contribution in [2.75, 3.05) is 25.0 Å². The fourth-order valence-electron chi connectivity index (χ4n) is 2.53. The largest absolute Gasteiger partial charge is 0.369 e. The lowest BCUT2D eigenvalue weighted by atomic mass is 10.2. The number of nitrogens with zero attached hydrogens (tertiary/aromatic N) is 2. The first-order valence-electron chi connectivity index (χ1n) is 7.20. The van der Waals surface area contributed by atoms with Crippen LogP contribution in [0.15, 0.2) is 36.4 Å². The van der Waals surface area contributed by atoms with Crippen molar-refractivity contribution >= 4 is 16.7 Å². The Kier molecular flexibility index (Phi) is 3.65. The van der Waals surface area contributed by atoms with Crippen LogP contribution in [0.1, 0.15) is 19.8 Å². The van der Waals surface area contributed by atoms with Crippen molar-refractivity contribution in [1.29, 1.82) is 0 Å². The zero-order chi connectivity index (χ0) is 13.1. The maximum Gasteiger partial charge on any atom is 0.126 e. The topological polar surface area (TPSA) is 28.2 Å². The summed E-state index contributed by atoms with van der Waals surface area (Å²) in [6, 6.07) is 13.3. The number of fused-ring (bicyclic) bond motifs is 1. The van der Waals surface area contributed by atoms with Crippen LogP contribution in [-0.4, -0.2) is 35.6 Å². The molecule has 1 aromatic carbocycles. The lowest BCUT2D eigenvalue weighted by molar-refractivity contribution is 0.289. The van der Waals surface area contributed by atoms with Gasteiger partial charge in [0.15, 0.2) is 0 Å². The van der Waals surface area contributed by atoms with Crippen molar-refractivity contribution in [2.24, 2.45) is 0 Å². The van der Waals surface area contributed by atoms with Gasteiger partial charge in [-0.3, -0.25) is 4.90 Å². The number of pyridine rings is 1. The summed E-state index contributed by atoms with van der Waals surface area (Å²) in [6.07, 6.45) is 2.75. The number of hydrogen-bond acceptors (Lipinski definition) is 3. The summed E-state index contributed by atoms with van der Waals surface area (Å²) < 4.78 is 0. The number of nitrogens with one attached hydrogen (secondary N) is 1. The van der Waals surface area contributed by atoms with Crippen LogP contribution in [0.25, 0.3) is 10.9 Å². The average Bonchev–Trinajstić information content (AvgIpc) is 3.28. The summed E-state index contributed by atoms with van der Waals surface area (Å²) in [5.41, 5.74) is 1.06. The molecule has 1 heterocycles. The van der Waals surface area contributed by atoms with Gasteiger partial charge in [-0.1, -0.05) is 25.1 Å². The molecule has 3 heteroatoms. The predicted octanol–water partition coefficient (Wildman–Crippen LogP) is 3.13. The minimum absolute atomic E-state index is 0.844. The molecule has 1 fully saturated rings. The number of benzene rings is 1. The molecule has 0 bridgehead atoms. The standard InChI is InChI=1S/C16H21N3/c1-2-19(14-8-9-14)12-11-17-16-10-7-13-5-3-4-6-15(13)18-16/h3-7,10,14H,2,8-9,11-12H2,1H3,(H,17,18). The van der Waals surface area contributed by atoms with Gasteiger partial charge in [-0.05, 0) is 37.6 Å². The average molecular weight is 255 g/mol. The van der Waals surface area contributed by atoms with E-state index in [-0.39, 0.29) is 0 Å². The highest BCUT2D eigenvalue weighted by atomic mass is 15.2. The summed E-state index contributed by atoms with van der Waals surface area (Å²) in [7, 11) is 0. The third kappa shape index (κ3) is 3.04. The summed E-state index contributed by atoms with van der Waals surface area (Å²) in [5, 5.41) is 4.63. The molecule has 3 rings (SSSR count). The molecule has 0 spiro atoms. The third-order valence-electron chi connectivity index (χ3n) is 3.77. The summed E-state index contributed by atoms with van der Waals surface area (Å²) in [6.45, 7) is 5.47. The van der Waals surface area contributed by atoms with Crippen molar-refractivity contribution in [3.05, 3.63) is 36.4 Å². The molecule has 1 N–H and O–H groups in total. The predicted molar refractivity (Wildman–Crippen MR) is 80.5 cm³/mol. The first-order valence-corrected chi connectivity index (χ1v) is 7.20. The van der Waals surface area contributed by atoms with Gasteiger partial charge in [0, 0.05) is 24.5 Å². The fraction of sp³-hybridized carbons (Fsp3) is 0.438. The van der Waals surface area contributed by atoms with Gasteiger partial charge in [-0.15, -0.1) is 0 Å². The van der Waals surface area contributed by atoms with Crippen LogP contribution in [0, 0.1) is 0 Å². The van der Waals surface area contributed by atoms with E-state index in [4.69, 9.17) is 0 Å². The first kappa shape index (κ1) is 12.4. The molecule has 0 unspecified atom stereocenters. The van der Waals surface area contributed by atoms with Crippen LogP contribution >= 0.6 is 0 Å². The second-order valence-electron chi connectivity index (χ2n) is 5.18. The van der Waals surface area contributed by atoms with Crippen LogP contribution in [0.3, 0.4) is 0 Å². The van der Waals surface area contributed by atoms with E-state index in [1.165, 1.54) is 18.2 Å². The van der Waals surface area contributed by atoms with Gasteiger partial charge in [-0.25, -0.2) is 4.98 Å². The minimum atomic E-state index is 0.844. The number of rotatable bonds is 6. The Morgan fingerprint density at radius 3 is 2.84 bits per heavy atom. The number of hydrogen-bond donors (Lipinski definition) is 1. The maximum absolute atomic E-state index is 4.63. The van der Waals surface area contributed by atoms with Crippen LogP contribution in [0.4, 0.5) is 5.82 Å². The molecule has 0 aliphatic heterocycles. The zero-order valence-electron chi connectivity index (χ0n) is 11.5. The monoisotopic (exact) mass is 255 g/mol. The molecule has 2 aromatic rings. The van der Waals surface area contributed by atoms with Gasteiger partial charge in [0.05, 0.1) is 5.52 Å². The van der Waals surface area contributed by atoms with E-state index < -0.39 is 0 Å². The molecule has 1 aliphatic rings. The summed E-state index contributed by atoms with van der Waals surface area (Å²) >= 11 is 0. The van der Waals surface area contributed by atoms with Gasteiger partial charge < -0.3 is 5.32 Å². The number of anilines is 1. The van der Waals surface area contributed by atoms with Crippen LogP contribution in [0.5, 0.6) is 0 Å². The Hall–Kier alpha value is -1.61. The quantitative estimate of drug-likeness (QED) is 0.859. The van der Waals surface area contributed by atoms with E-state index in [1.54, 1.807) is 0 Å². The van der Waals surface area contributed by atoms with Crippen molar-refractivity contribution in [3.8, 4) is 0 Å². The highest BCUT2D eigenvalue weighted by Crippen LogP contribution is 2.26. The van der Waals surface area contributed by atoms with Crippen molar-refractivity contribution in [1.82, 2.24) is 9.88 Å². The lowest BCUT2D eigenvalue weighted by Crippen LogP contribution is -2.31. The summed E-state index contributed by atoms with van der Waals surface area (Å²) in [4.78, 5) is 7.18. The second kappa shape index (κ2) is 5.57. The Bertz CT molecular complexity index is 548. The Morgan fingerprint density at radius 1 is 1.21 bits per heavy atom. The van der Waals surface area contributed by atoms with Crippen molar-refractivity contribution in [3.63, 3.8) is 0 Å². The van der Waals surface area contributed by atoms with E-state index in [2.05, 4.69) is 46.4 Å². The van der Waals surface area contributed by atoms with E-state index in [0.717, 1.165) is 37.0 Å². The third-order valence-corrected chi connectivity index (χ3v) is 3.77. The van der Waals surface area contributed by atoms with Gasteiger partial charge in [0.25, 0.3) is 0 Å². The van der Waals surface area contributed by atoms with Crippen LogP contribution in [-0.2, 0) is 0 Å². The number of para-hydroxylation sites is 1. The highest BCUT2D eigenvalue weighted by molar-refractivity contribution is 5.79. The molecule has 1 saturated carbocycles. The van der Waals surface area contributed by atoms with E-state index in [9.17, 15) is 0 Å². The molecule has 0 radical (unpaired) electrons. The van der Waals surface area contributed by atoms with Gasteiger partial charge in [0.1, 0.15) is 5.82 Å². The minimum Gasteiger partial charge on any atom is -0.369 e. The second-order valence-corrected chi connectivity index (χ2v) is 5.18. The van der Waals surface area contributed by atoms with Gasteiger partial charge >= 0.3 is 0 Å². The van der Waals surface area contributed by atoms with E-state index in [0.29, 0.717) is 0 Å². The lowest BCUT2D eigenvalue weighted by Gasteiger charge is -2.19. The molecule has 100 valence electrons. The molecule has 19 heavy (non-hydrogen) atoms. The van der Waals surface area contributed by atoms with Gasteiger partial charge in [0.2, 0.25) is 0 Å². The molecule has 3 nitrogen and oxygen atoms in total. The van der Waals surface area contributed by atoms with Gasteiger partial charge in [-0.2, -0.15) is 0 Å². The fourth-order valence-corrected chi connectivity index (χ4v) is 2.53. The zero-order valence-corrected chi connectivity index (χ0v) is 11.5. The molecular weight excluding hydrogens is 234 g/mol. The van der Waals surface area contributed by atoms with Crippen LogP contribution < -0.4 is 5.32 Å². The van der Waals surface area contributed by atoms with E-state index >= 15 is 0 Å². The molecular formula is C16H21N3. The Labute approximate surface area is 114 Å². The smallest absolute Gasteiger partial charge is 0.126 e. The molecule has 1 aromatic heterocycles. The first-order chi connectivity index (χ1) is 9.36. The molecule has 0 amide bonds. The highest BCUT2D eigenvalue weighted by Gasteiger charge is 2.27. The normalized spacial score (nSPS) is 15.1. The van der Waals surface area contributed by atoms with Crippen LogP contribution in [0.2, 0.25) is 0 Å². The maximum atomic E-state index is 4.63. The molecule has 0 saturated heterocycles.